The molecule has 0 saturated heterocycles. The van der Waals surface area contributed by atoms with Crippen molar-refractivity contribution in [2.75, 3.05) is 0 Å². The SMILES string of the molecule is CCC(C)C(C)n1c(-c2ccncc2)n[nH]c1=S. The fraction of sp³-hybridized carbons (Fsp3) is 0.462. The first-order chi connectivity index (χ1) is 8.65. The summed E-state index contributed by atoms with van der Waals surface area (Å²) in [6, 6.07) is 4.22. The van der Waals surface area contributed by atoms with Crippen LogP contribution in [0, 0.1) is 10.7 Å². The van der Waals surface area contributed by atoms with Crippen LogP contribution in [-0.4, -0.2) is 19.7 Å². The monoisotopic (exact) mass is 262 g/mol. The number of aromatic amines is 1. The van der Waals surface area contributed by atoms with E-state index in [-0.39, 0.29) is 0 Å². The van der Waals surface area contributed by atoms with Gasteiger partial charge in [0.05, 0.1) is 0 Å². The molecule has 0 aliphatic carbocycles. The molecule has 5 heteroatoms. The van der Waals surface area contributed by atoms with Gasteiger partial charge in [0.2, 0.25) is 0 Å². The number of H-pyrrole nitrogens is 1. The van der Waals surface area contributed by atoms with Gasteiger partial charge in [0.15, 0.2) is 10.6 Å². The molecular weight excluding hydrogens is 244 g/mol. The lowest BCUT2D eigenvalue weighted by molar-refractivity contribution is 0.369. The molecule has 0 saturated carbocycles. The van der Waals surface area contributed by atoms with Gasteiger partial charge in [-0.05, 0) is 37.2 Å². The van der Waals surface area contributed by atoms with Gasteiger partial charge in [-0.3, -0.25) is 14.6 Å². The summed E-state index contributed by atoms with van der Waals surface area (Å²) < 4.78 is 2.77. The van der Waals surface area contributed by atoms with Crippen LogP contribution in [0.2, 0.25) is 0 Å². The Balaban J connectivity index is 2.49. The van der Waals surface area contributed by atoms with Crippen LogP contribution in [0.4, 0.5) is 0 Å². The van der Waals surface area contributed by atoms with E-state index >= 15 is 0 Å². The van der Waals surface area contributed by atoms with Gasteiger partial charge in [0.25, 0.3) is 0 Å². The van der Waals surface area contributed by atoms with Crippen LogP contribution in [-0.2, 0) is 0 Å². The van der Waals surface area contributed by atoms with Crippen LogP contribution in [0.25, 0.3) is 11.4 Å². The number of hydrogen-bond donors (Lipinski definition) is 1. The quantitative estimate of drug-likeness (QED) is 0.856. The molecule has 0 amide bonds. The van der Waals surface area contributed by atoms with Gasteiger partial charge in [-0.25, -0.2) is 0 Å². The predicted octanol–water partition coefficient (Wildman–Crippen LogP) is 3.61. The number of pyridine rings is 1. The molecule has 0 bridgehead atoms. The van der Waals surface area contributed by atoms with Crippen molar-refractivity contribution >= 4 is 12.2 Å². The maximum Gasteiger partial charge on any atom is 0.195 e. The Kier molecular flexibility index (Phi) is 3.91. The van der Waals surface area contributed by atoms with Crippen molar-refractivity contribution in [2.45, 2.75) is 33.2 Å². The fourth-order valence-electron chi connectivity index (χ4n) is 1.98. The van der Waals surface area contributed by atoms with Crippen molar-refractivity contribution in [1.82, 2.24) is 19.7 Å². The van der Waals surface area contributed by atoms with Gasteiger partial charge in [-0.15, -0.1) is 0 Å². The molecule has 2 heterocycles. The predicted molar refractivity (Wildman–Crippen MR) is 74.8 cm³/mol. The van der Waals surface area contributed by atoms with Crippen LogP contribution in [0.15, 0.2) is 24.5 Å². The van der Waals surface area contributed by atoms with E-state index in [2.05, 4.69) is 40.5 Å². The van der Waals surface area contributed by atoms with E-state index < -0.39 is 0 Å². The Morgan fingerprint density at radius 1 is 1.33 bits per heavy atom. The maximum atomic E-state index is 5.35. The summed E-state index contributed by atoms with van der Waals surface area (Å²) >= 11 is 5.35. The molecule has 0 spiro atoms. The highest BCUT2D eigenvalue weighted by molar-refractivity contribution is 7.71. The van der Waals surface area contributed by atoms with Crippen LogP contribution in [0.5, 0.6) is 0 Å². The first kappa shape index (κ1) is 13.0. The third-order valence-corrected chi connectivity index (χ3v) is 3.81. The van der Waals surface area contributed by atoms with Crippen LogP contribution < -0.4 is 0 Å². The second-order valence-electron chi connectivity index (χ2n) is 4.58. The Morgan fingerprint density at radius 3 is 2.61 bits per heavy atom. The van der Waals surface area contributed by atoms with Crippen LogP contribution in [0.3, 0.4) is 0 Å². The van der Waals surface area contributed by atoms with Crippen molar-refractivity contribution in [3.8, 4) is 11.4 Å². The molecule has 96 valence electrons. The van der Waals surface area contributed by atoms with E-state index in [1.807, 2.05) is 12.1 Å². The zero-order valence-electron chi connectivity index (χ0n) is 10.9. The molecule has 0 aliphatic rings. The van der Waals surface area contributed by atoms with Gasteiger partial charge in [0.1, 0.15) is 0 Å². The summed E-state index contributed by atoms with van der Waals surface area (Å²) in [5, 5.41) is 7.23. The molecule has 0 aromatic carbocycles. The van der Waals surface area contributed by atoms with Gasteiger partial charge in [-0.2, -0.15) is 5.10 Å². The molecule has 1 N–H and O–H groups in total. The summed E-state index contributed by atoms with van der Waals surface area (Å²) in [7, 11) is 0. The van der Waals surface area contributed by atoms with Crippen molar-refractivity contribution in [3.05, 3.63) is 29.3 Å². The lowest BCUT2D eigenvalue weighted by Gasteiger charge is -2.21. The Hall–Kier alpha value is -1.49. The van der Waals surface area contributed by atoms with Crippen LogP contribution in [0.1, 0.15) is 33.2 Å². The molecule has 2 aromatic heterocycles. The normalized spacial score (nSPS) is 14.4. The minimum absolute atomic E-state index is 0.324. The molecule has 18 heavy (non-hydrogen) atoms. The number of nitrogens with zero attached hydrogens (tertiary/aromatic N) is 3. The second-order valence-corrected chi connectivity index (χ2v) is 4.97. The van der Waals surface area contributed by atoms with Gasteiger partial charge in [-0.1, -0.05) is 20.3 Å². The zero-order chi connectivity index (χ0) is 13.1. The Bertz CT molecular complexity index is 558. The number of rotatable bonds is 4. The summed E-state index contributed by atoms with van der Waals surface area (Å²) in [5.74, 6) is 1.44. The van der Waals surface area contributed by atoms with E-state index in [4.69, 9.17) is 12.2 Å². The third-order valence-electron chi connectivity index (χ3n) is 3.52. The first-order valence-corrected chi connectivity index (χ1v) is 6.63. The number of aromatic nitrogens is 4. The number of nitrogens with one attached hydrogen (secondary N) is 1. The van der Waals surface area contributed by atoms with E-state index in [0.29, 0.717) is 16.7 Å². The fourth-order valence-corrected chi connectivity index (χ4v) is 2.28. The van der Waals surface area contributed by atoms with Gasteiger partial charge >= 0.3 is 0 Å². The minimum atomic E-state index is 0.324. The summed E-state index contributed by atoms with van der Waals surface area (Å²) in [6.07, 6.45) is 4.65. The standard InChI is InChI=1S/C13H18N4S/c1-4-9(2)10(3)17-12(15-16-13(17)18)11-5-7-14-8-6-11/h5-10H,4H2,1-3H3,(H,16,18). The van der Waals surface area contributed by atoms with Crippen LogP contribution >= 0.6 is 12.2 Å². The Morgan fingerprint density at radius 2 is 2.00 bits per heavy atom. The largest absolute Gasteiger partial charge is 0.297 e. The highest BCUT2D eigenvalue weighted by Gasteiger charge is 2.18. The average Bonchev–Trinajstić information content (AvgIpc) is 2.80. The average molecular weight is 262 g/mol. The van der Waals surface area contributed by atoms with Crippen molar-refractivity contribution in [1.29, 1.82) is 0 Å². The number of hydrogen-bond acceptors (Lipinski definition) is 3. The maximum absolute atomic E-state index is 5.35. The molecular formula is C13H18N4S. The molecule has 2 unspecified atom stereocenters. The first-order valence-electron chi connectivity index (χ1n) is 6.22. The highest BCUT2D eigenvalue weighted by atomic mass is 32.1. The molecule has 2 rings (SSSR count). The van der Waals surface area contributed by atoms with Gasteiger partial charge < -0.3 is 0 Å². The molecule has 0 aliphatic heterocycles. The summed E-state index contributed by atoms with van der Waals surface area (Å²) in [5.41, 5.74) is 1.03. The molecule has 0 fully saturated rings. The Labute approximate surface area is 112 Å². The smallest absolute Gasteiger partial charge is 0.195 e. The zero-order valence-corrected chi connectivity index (χ0v) is 11.7. The van der Waals surface area contributed by atoms with E-state index in [1.165, 1.54) is 0 Å². The minimum Gasteiger partial charge on any atom is -0.297 e. The van der Waals surface area contributed by atoms with Crippen molar-refractivity contribution in [3.63, 3.8) is 0 Å². The van der Waals surface area contributed by atoms with Crippen molar-refractivity contribution < 1.29 is 0 Å². The second kappa shape index (κ2) is 5.44. The van der Waals surface area contributed by atoms with Crippen molar-refractivity contribution in [2.24, 2.45) is 5.92 Å². The van der Waals surface area contributed by atoms with E-state index in [9.17, 15) is 0 Å². The van der Waals surface area contributed by atoms with E-state index in [1.54, 1.807) is 12.4 Å². The molecule has 2 atom stereocenters. The summed E-state index contributed by atoms with van der Waals surface area (Å²) in [6.45, 7) is 6.61. The lowest BCUT2D eigenvalue weighted by atomic mass is 10.0. The highest BCUT2D eigenvalue weighted by Crippen LogP contribution is 2.26. The van der Waals surface area contributed by atoms with Gasteiger partial charge in [0, 0.05) is 24.0 Å². The molecule has 0 radical (unpaired) electrons. The molecule has 2 aromatic rings. The molecule has 4 nitrogen and oxygen atoms in total. The van der Waals surface area contributed by atoms with E-state index in [0.717, 1.165) is 17.8 Å². The third kappa shape index (κ3) is 2.36. The summed E-state index contributed by atoms with van der Waals surface area (Å²) in [4.78, 5) is 4.03. The topological polar surface area (TPSA) is 46.5 Å². The lowest BCUT2D eigenvalue weighted by Crippen LogP contribution is -2.14.